The third-order valence-electron chi connectivity index (χ3n) is 4.74. The lowest BCUT2D eigenvalue weighted by molar-refractivity contribution is -0.156. The van der Waals surface area contributed by atoms with E-state index in [4.69, 9.17) is 29.4 Å². The first-order valence-electron chi connectivity index (χ1n) is 10.6. The van der Waals surface area contributed by atoms with Crippen LogP contribution in [0.25, 0.3) is 0 Å². The predicted molar refractivity (Wildman–Crippen MR) is 118 cm³/mol. The van der Waals surface area contributed by atoms with Gasteiger partial charge in [-0.05, 0) is 50.8 Å². The standard InChI is InChI=1S/C23H33NO9/c1-12(2)13(3)30-23(28)31-15(5)14(4)29-22(27)19(24)10-18-8-9-20(32-16(6)25)21(11-18)33-17(7)26/h8-9,11-15,19H,10,24H2,1-7H3/t13?,14-,15-,19-/m0/s1. The zero-order valence-corrected chi connectivity index (χ0v) is 20.1. The van der Waals surface area contributed by atoms with Gasteiger partial charge in [0.15, 0.2) is 11.5 Å². The highest BCUT2D eigenvalue weighted by atomic mass is 16.7. The van der Waals surface area contributed by atoms with Gasteiger partial charge in [-0.3, -0.25) is 14.4 Å². The van der Waals surface area contributed by atoms with Crippen molar-refractivity contribution in [3.63, 3.8) is 0 Å². The number of carbonyl (C=O) groups is 4. The fraction of sp³-hybridized carbons (Fsp3) is 0.565. The van der Waals surface area contributed by atoms with Crippen molar-refractivity contribution >= 4 is 24.1 Å². The summed E-state index contributed by atoms with van der Waals surface area (Å²) in [5, 5.41) is 0. The van der Waals surface area contributed by atoms with Crippen molar-refractivity contribution in [2.45, 2.75) is 79.2 Å². The SMILES string of the molecule is CC(=O)Oc1ccc(C[C@H](N)C(=O)O[C@@H](C)[C@H](C)OC(=O)OC(C)C(C)C)cc1OC(C)=O. The average Bonchev–Trinajstić information content (AvgIpc) is 2.68. The molecular weight excluding hydrogens is 434 g/mol. The molecule has 0 radical (unpaired) electrons. The van der Waals surface area contributed by atoms with Gasteiger partial charge in [0.25, 0.3) is 0 Å². The third kappa shape index (κ3) is 9.90. The highest BCUT2D eigenvalue weighted by molar-refractivity contribution is 5.76. The summed E-state index contributed by atoms with van der Waals surface area (Å²) in [6.45, 7) is 11.1. The molecule has 2 N–H and O–H groups in total. The Morgan fingerprint density at radius 1 is 0.788 bits per heavy atom. The number of nitrogens with two attached hydrogens (primary N) is 1. The molecular formula is C23H33NO9. The van der Waals surface area contributed by atoms with Crippen molar-refractivity contribution in [3.05, 3.63) is 23.8 Å². The molecule has 0 aromatic heterocycles. The largest absolute Gasteiger partial charge is 0.508 e. The molecule has 10 heteroatoms. The second-order valence-corrected chi connectivity index (χ2v) is 8.06. The summed E-state index contributed by atoms with van der Waals surface area (Å²) >= 11 is 0. The fourth-order valence-electron chi connectivity index (χ4n) is 2.42. The Morgan fingerprint density at radius 3 is 1.85 bits per heavy atom. The molecule has 0 saturated carbocycles. The first kappa shape index (κ1) is 27.9. The van der Waals surface area contributed by atoms with Crippen LogP contribution in [-0.2, 0) is 35.0 Å². The lowest BCUT2D eigenvalue weighted by Crippen LogP contribution is -2.39. The highest BCUT2D eigenvalue weighted by Crippen LogP contribution is 2.29. The topological polar surface area (TPSA) is 140 Å². The van der Waals surface area contributed by atoms with Gasteiger partial charge in [0.2, 0.25) is 0 Å². The Labute approximate surface area is 193 Å². The Bertz CT molecular complexity index is 852. The molecule has 1 rings (SSSR count). The van der Waals surface area contributed by atoms with E-state index in [0.29, 0.717) is 5.56 Å². The maximum atomic E-state index is 12.4. The zero-order chi connectivity index (χ0) is 25.3. The van der Waals surface area contributed by atoms with Crippen molar-refractivity contribution in [3.8, 4) is 11.5 Å². The predicted octanol–water partition coefficient (Wildman–Crippen LogP) is 2.92. The first-order chi connectivity index (χ1) is 15.3. The van der Waals surface area contributed by atoms with Crippen LogP contribution in [0.15, 0.2) is 18.2 Å². The van der Waals surface area contributed by atoms with Gasteiger partial charge in [0, 0.05) is 13.8 Å². The Morgan fingerprint density at radius 2 is 1.30 bits per heavy atom. The van der Waals surface area contributed by atoms with Gasteiger partial charge in [-0.2, -0.15) is 0 Å². The van der Waals surface area contributed by atoms with E-state index in [0.717, 1.165) is 0 Å². The molecule has 10 nitrogen and oxygen atoms in total. The number of rotatable bonds is 10. The Balaban J connectivity index is 2.72. The maximum Gasteiger partial charge on any atom is 0.508 e. The smallest absolute Gasteiger partial charge is 0.458 e. The lowest BCUT2D eigenvalue weighted by Gasteiger charge is -2.23. The summed E-state index contributed by atoms with van der Waals surface area (Å²) < 4.78 is 25.7. The molecule has 0 heterocycles. The van der Waals surface area contributed by atoms with Crippen LogP contribution in [0.2, 0.25) is 0 Å². The summed E-state index contributed by atoms with van der Waals surface area (Å²) in [6, 6.07) is 3.43. The molecule has 0 saturated heterocycles. The lowest BCUT2D eigenvalue weighted by atomic mass is 10.1. The molecule has 33 heavy (non-hydrogen) atoms. The number of hydrogen-bond acceptors (Lipinski definition) is 10. The highest BCUT2D eigenvalue weighted by Gasteiger charge is 2.26. The van der Waals surface area contributed by atoms with E-state index < -0.39 is 42.3 Å². The monoisotopic (exact) mass is 467 g/mol. The van der Waals surface area contributed by atoms with Gasteiger partial charge in [-0.1, -0.05) is 19.9 Å². The van der Waals surface area contributed by atoms with Crippen LogP contribution in [0.3, 0.4) is 0 Å². The average molecular weight is 468 g/mol. The fourth-order valence-corrected chi connectivity index (χ4v) is 2.42. The molecule has 0 bridgehead atoms. The summed E-state index contributed by atoms with van der Waals surface area (Å²) in [5.41, 5.74) is 6.52. The van der Waals surface area contributed by atoms with E-state index in [1.807, 2.05) is 13.8 Å². The molecule has 1 unspecified atom stereocenters. The molecule has 1 aromatic carbocycles. The molecule has 0 aliphatic heterocycles. The van der Waals surface area contributed by atoms with Crippen LogP contribution < -0.4 is 15.2 Å². The molecule has 0 aliphatic rings. The minimum atomic E-state index is -1.04. The Hall–Kier alpha value is -3.14. The molecule has 184 valence electrons. The number of carbonyl (C=O) groups excluding carboxylic acids is 4. The molecule has 4 atom stereocenters. The molecule has 0 aliphatic carbocycles. The van der Waals surface area contributed by atoms with E-state index in [-0.39, 0.29) is 29.9 Å². The van der Waals surface area contributed by atoms with Crippen LogP contribution in [0.5, 0.6) is 11.5 Å². The van der Waals surface area contributed by atoms with Crippen molar-refractivity contribution < 1.29 is 42.9 Å². The summed E-state index contributed by atoms with van der Waals surface area (Å²) in [5.74, 6) is -1.67. The van der Waals surface area contributed by atoms with Crippen molar-refractivity contribution in [2.24, 2.45) is 11.7 Å². The van der Waals surface area contributed by atoms with Crippen LogP contribution in [-0.4, -0.2) is 48.4 Å². The van der Waals surface area contributed by atoms with Gasteiger partial charge >= 0.3 is 24.1 Å². The Kier molecular flexibility index (Phi) is 10.8. The minimum absolute atomic E-state index is 0.0281. The second kappa shape index (κ2) is 12.8. The molecule has 0 fully saturated rings. The van der Waals surface area contributed by atoms with Crippen LogP contribution in [0.4, 0.5) is 4.79 Å². The van der Waals surface area contributed by atoms with Gasteiger partial charge < -0.3 is 29.4 Å². The minimum Gasteiger partial charge on any atom is -0.458 e. The van der Waals surface area contributed by atoms with E-state index in [1.165, 1.54) is 26.0 Å². The number of esters is 3. The zero-order valence-electron chi connectivity index (χ0n) is 20.1. The summed E-state index contributed by atoms with van der Waals surface area (Å²) in [7, 11) is 0. The second-order valence-electron chi connectivity index (χ2n) is 8.06. The number of benzene rings is 1. The van der Waals surface area contributed by atoms with E-state index in [1.54, 1.807) is 26.8 Å². The normalized spacial score (nSPS) is 14.5. The van der Waals surface area contributed by atoms with E-state index >= 15 is 0 Å². The maximum absolute atomic E-state index is 12.4. The summed E-state index contributed by atoms with van der Waals surface area (Å²) in [6.07, 6.45) is -2.63. The van der Waals surface area contributed by atoms with E-state index in [9.17, 15) is 19.2 Å². The van der Waals surface area contributed by atoms with E-state index in [2.05, 4.69) is 0 Å². The quantitative estimate of drug-likeness (QED) is 0.403. The molecule has 1 aromatic rings. The van der Waals surface area contributed by atoms with Gasteiger partial charge in [-0.25, -0.2) is 4.79 Å². The molecule has 0 amide bonds. The van der Waals surface area contributed by atoms with Crippen LogP contribution in [0.1, 0.15) is 54.0 Å². The van der Waals surface area contributed by atoms with Crippen molar-refractivity contribution in [1.29, 1.82) is 0 Å². The number of ether oxygens (including phenoxy) is 5. The van der Waals surface area contributed by atoms with Gasteiger partial charge in [-0.15, -0.1) is 0 Å². The third-order valence-corrected chi connectivity index (χ3v) is 4.74. The van der Waals surface area contributed by atoms with Gasteiger partial charge in [0.1, 0.15) is 24.4 Å². The van der Waals surface area contributed by atoms with Gasteiger partial charge in [0.05, 0.1) is 0 Å². The number of hydrogen-bond donors (Lipinski definition) is 1. The molecule has 0 spiro atoms. The summed E-state index contributed by atoms with van der Waals surface area (Å²) in [4.78, 5) is 46.8. The van der Waals surface area contributed by atoms with Crippen LogP contribution in [0, 0.1) is 5.92 Å². The van der Waals surface area contributed by atoms with Crippen LogP contribution >= 0.6 is 0 Å². The van der Waals surface area contributed by atoms with Crippen molar-refractivity contribution in [1.82, 2.24) is 0 Å². The van der Waals surface area contributed by atoms with Crippen molar-refractivity contribution in [2.75, 3.05) is 0 Å². The first-order valence-corrected chi connectivity index (χ1v) is 10.6.